The van der Waals surface area contributed by atoms with E-state index < -0.39 is 11.6 Å². The van der Waals surface area contributed by atoms with E-state index in [0.717, 1.165) is 0 Å². The maximum atomic E-state index is 13.1. The fraction of sp³-hybridized carbons (Fsp3) is 0.500. The minimum Gasteiger partial charge on any atom is -0.343 e. The monoisotopic (exact) mass is 416 g/mol. The van der Waals surface area contributed by atoms with Gasteiger partial charge in [0.1, 0.15) is 5.69 Å². The first-order valence-corrected chi connectivity index (χ1v) is 10.1. The number of carbonyl (C=O) groups excluding carboxylic acids is 3. The smallest absolute Gasteiger partial charge is 0.343 e. The second-order valence-electron chi connectivity index (χ2n) is 9.36. The Balaban J connectivity index is 1.67. The Morgan fingerprint density at radius 3 is 2.37 bits per heavy atom. The molecule has 1 aromatic heterocycles. The van der Waals surface area contributed by atoms with Crippen molar-refractivity contribution in [3.63, 3.8) is 0 Å². The molecule has 162 valence electrons. The van der Waals surface area contributed by atoms with E-state index in [1.807, 2.05) is 20.8 Å². The third-order valence-electron chi connectivity index (χ3n) is 5.64. The maximum Gasteiger partial charge on any atom is 0.348 e. The average Bonchev–Trinajstić information content (AvgIpc) is 2.97. The Morgan fingerprint density at radius 1 is 1.17 bits per heavy atom. The molecule has 0 aliphatic carbocycles. The van der Waals surface area contributed by atoms with Gasteiger partial charge in [-0.2, -0.15) is 4.39 Å². The molecular formula is C22H29FN4O3. The molecule has 3 rings (SSSR count). The van der Waals surface area contributed by atoms with Gasteiger partial charge in [0, 0.05) is 43.1 Å². The molecule has 2 heterocycles. The number of amides is 2. The quantitative estimate of drug-likeness (QED) is 0.749. The van der Waals surface area contributed by atoms with Gasteiger partial charge in [0.2, 0.25) is 11.8 Å². The fourth-order valence-electron chi connectivity index (χ4n) is 3.82. The van der Waals surface area contributed by atoms with Gasteiger partial charge in [0.05, 0.1) is 5.54 Å². The number of nitrogens with zero attached hydrogens (tertiary/aromatic N) is 2. The Kier molecular flexibility index (Phi) is 5.73. The van der Waals surface area contributed by atoms with Crippen molar-refractivity contribution in [1.29, 1.82) is 0 Å². The van der Waals surface area contributed by atoms with E-state index in [1.165, 1.54) is 10.6 Å². The molecule has 0 atom stereocenters. The van der Waals surface area contributed by atoms with Crippen LogP contribution in [0.2, 0.25) is 0 Å². The second-order valence-corrected chi connectivity index (χ2v) is 9.36. The average molecular weight is 416 g/mol. The van der Waals surface area contributed by atoms with Gasteiger partial charge < -0.3 is 20.5 Å². The highest BCUT2D eigenvalue weighted by atomic mass is 19.1. The van der Waals surface area contributed by atoms with Crippen molar-refractivity contribution >= 4 is 34.4 Å². The van der Waals surface area contributed by atoms with Crippen LogP contribution in [-0.4, -0.2) is 45.9 Å². The van der Waals surface area contributed by atoms with Crippen LogP contribution in [0.25, 0.3) is 10.9 Å². The van der Waals surface area contributed by atoms with Gasteiger partial charge in [-0.3, -0.25) is 14.4 Å². The van der Waals surface area contributed by atoms with Gasteiger partial charge in [-0.25, -0.2) is 0 Å². The van der Waals surface area contributed by atoms with Crippen molar-refractivity contribution in [2.45, 2.75) is 45.6 Å². The molecule has 0 saturated carbocycles. The number of aromatic nitrogens is 1. The number of benzene rings is 1. The van der Waals surface area contributed by atoms with E-state index in [-0.39, 0.29) is 22.9 Å². The predicted octanol–water partition coefficient (Wildman–Crippen LogP) is 2.98. The van der Waals surface area contributed by atoms with E-state index in [0.29, 0.717) is 48.9 Å². The molecule has 8 heteroatoms. The molecule has 3 N–H and O–H groups in total. The number of fused-ring (bicyclic) bond motifs is 1. The molecule has 1 aliphatic heterocycles. The molecule has 1 aromatic carbocycles. The van der Waals surface area contributed by atoms with Crippen LogP contribution in [0.3, 0.4) is 0 Å². The summed E-state index contributed by atoms with van der Waals surface area (Å²) in [6, 6.07) is 5.04. The number of nitrogens with two attached hydrogens (primary N) is 1. The standard InChI is InChI=1S/C22H29FN4O3/c1-21(2,3)13-18(28)27-9-7-22(24,8-10-27)20(30)25-15-5-6-16-14(11-15)12-17(19(23)29)26(16)4/h5-6,11-12H,7-10,13,24H2,1-4H3,(H,25,30). The molecule has 0 radical (unpaired) electrons. The number of anilines is 1. The number of likely N-dealkylation sites (tertiary alicyclic amines) is 1. The van der Waals surface area contributed by atoms with E-state index in [2.05, 4.69) is 5.32 Å². The zero-order valence-corrected chi connectivity index (χ0v) is 17.9. The molecule has 0 unspecified atom stereocenters. The van der Waals surface area contributed by atoms with Crippen LogP contribution in [-0.2, 0) is 16.6 Å². The van der Waals surface area contributed by atoms with E-state index in [4.69, 9.17) is 5.73 Å². The highest BCUT2D eigenvalue weighted by molar-refractivity contribution is 6.01. The number of hydrogen-bond acceptors (Lipinski definition) is 4. The van der Waals surface area contributed by atoms with Gasteiger partial charge in [-0.05, 0) is 42.5 Å². The summed E-state index contributed by atoms with van der Waals surface area (Å²) in [5.41, 5.74) is 6.38. The van der Waals surface area contributed by atoms with Crippen LogP contribution in [0.5, 0.6) is 0 Å². The number of hydrogen-bond donors (Lipinski definition) is 2. The Labute approximate surface area is 175 Å². The van der Waals surface area contributed by atoms with E-state index in [1.54, 1.807) is 30.1 Å². The van der Waals surface area contributed by atoms with Crippen molar-refractivity contribution in [3.8, 4) is 0 Å². The van der Waals surface area contributed by atoms with E-state index in [9.17, 15) is 18.8 Å². The van der Waals surface area contributed by atoms with Crippen LogP contribution in [0, 0.1) is 5.41 Å². The summed E-state index contributed by atoms with van der Waals surface area (Å²) in [5.74, 6) is -0.236. The number of rotatable bonds is 4. The SMILES string of the molecule is Cn1c(C(=O)F)cc2cc(NC(=O)C3(N)CCN(C(=O)CC(C)(C)C)CC3)ccc21. The first kappa shape index (κ1) is 22.0. The van der Waals surface area contributed by atoms with Gasteiger partial charge in [0.25, 0.3) is 0 Å². The van der Waals surface area contributed by atoms with Crippen LogP contribution in [0.4, 0.5) is 10.1 Å². The molecule has 2 aromatic rings. The first-order chi connectivity index (χ1) is 13.9. The summed E-state index contributed by atoms with van der Waals surface area (Å²) in [5, 5.41) is 3.47. The molecule has 1 aliphatic rings. The predicted molar refractivity (Wildman–Crippen MR) is 114 cm³/mol. The summed E-state index contributed by atoms with van der Waals surface area (Å²) >= 11 is 0. The third kappa shape index (κ3) is 4.53. The topological polar surface area (TPSA) is 97.4 Å². The van der Waals surface area contributed by atoms with Crippen molar-refractivity contribution in [2.75, 3.05) is 18.4 Å². The van der Waals surface area contributed by atoms with Crippen molar-refractivity contribution in [1.82, 2.24) is 9.47 Å². The molecule has 0 spiro atoms. The first-order valence-electron chi connectivity index (χ1n) is 10.1. The third-order valence-corrected chi connectivity index (χ3v) is 5.64. The largest absolute Gasteiger partial charge is 0.348 e. The van der Waals surface area contributed by atoms with Crippen LogP contribution < -0.4 is 11.1 Å². The Hall–Kier alpha value is -2.74. The fourth-order valence-corrected chi connectivity index (χ4v) is 3.82. The summed E-state index contributed by atoms with van der Waals surface area (Å²) in [4.78, 5) is 38.1. The molecule has 1 saturated heterocycles. The summed E-state index contributed by atoms with van der Waals surface area (Å²) in [6.45, 7) is 6.94. The van der Waals surface area contributed by atoms with Gasteiger partial charge >= 0.3 is 6.04 Å². The van der Waals surface area contributed by atoms with E-state index >= 15 is 0 Å². The van der Waals surface area contributed by atoms with Crippen LogP contribution >= 0.6 is 0 Å². The molecule has 30 heavy (non-hydrogen) atoms. The minimum atomic E-state index is -1.51. The number of piperidine rings is 1. The molecule has 0 bridgehead atoms. The molecule has 2 amide bonds. The lowest BCUT2D eigenvalue weighted by Crippen LogP contribution is -2.58. The summed E-state index contributed by atoms with van der Waals surface area (Å²) < 4.78 is 14.6. The number of nitrogens with one attached hydrogen (secondary N) is 1. The zero-order valence-electron chi connectivity index (χ0n) is 17.9. The second kappa shape index (κ2) is 7.83. The summed E-state index contributed by atoms with van der Waals surface area (Å²) in [7, 11) is 1.61. The number of aryl methyl sites for hydroxylation is 1. The van der Waals surface area contributed by atoms with Gasteiger partial charge in [-0.1, -0.05) is 20.8 Å². The van der Waals surface area contributed by atoms with Crippen molar-refractivity contribution < 1.29 is 18.8 Å². The molecule has 1 fully saturated rings. The van der Waals surface area contributed by atoms with Crippen LogP contribution in [0.15, 0.2) is 24.3 Å². The Bertz CT molecular complexity index is 998. The normalized spacial score (nSPS) is 16.5. The lowest BCUT2D eigenvalue weighted by Gasteiger charge is -2.38. The number of carbonyl (C=O) groups is 3. The van der Waals surface area contributed by atoms with Gasteiger partial charge in [-0.15, -0.1) is 0 Å². The highest BCUT2D eigenvalue weighted by Gasteiger charge is 2.39. The Morgan fingerprint density at radius 2 is 1.80 bits per heavy atom. The van der Waals surface area contributed by atoms with Gasteiger partial charge in [0.15, 0.2) is 0 Å². The number of halogens is 1. The molecule has 7 nitrogen and oxygen atoms in total. The molecular weight excluding hydrogens is 387 g/mol. The maximum absolute atomic E-state index is 13.1. The lowest BCUT2D eigenvalue weighted by molar-refractivity contribution is -0.136. The van der Waals surface area contributed by atoms with Crippen molar-refractivity contribution in [3.05, 3.63) is 30.0 Å². The lowest BCUT2D eigenvalue weighted by atomic mass is 9.86. The minimum absolute atomic E-state index is 0.0453. The van der Waals surface area contributed by atoms with Crippen molar-refractivity contribution in [2.24, 2.45) is 18.2 Å². The highest BCUT2D eigenvalue weighted by Crippen LogP contribution is 2.27. The summed E-state index contributed by atoms with van der Waals surface area (Å²) in [6.07, 6.45) is 1.21. The van der Waals surface area contributed by atoms with Crippen LogP contribution in [0.1, 0.15) is 50.5 Å². The zero-order chi connectivity index (χ0) is 22.3.